The van der Waals surface area contributed by atoms with Crippen molar-refractivity contribution < 1.29 is 17.1 Å². The molecule has 2 atom stereocenters. The van der Waals surface area contributed by atoms with Crippen LogP contribution in [-0.4, -0.2) is 23.6 Å². The van der Waals surface area contributed by atoms with Crippen molar-refractivity contribution in [3.05, 3.63) is 62.7 Å². The molecular weight excluding hydrogens is 358 g/mol. The summed E-state index contributed by atoms with van der Waals surface area (Å²) in [6.45, 7) is 18.6. The van der Waals surface area contributed by atoms with Gasteiger partial charge in [0.15, 0.2) is 0 Å². The van der Waals surface area contributed by atoms with Gasteiger partial charge in [0.05, 0.1) is 0 Å². The Morgan fingerprint density at radius 3 is 0.957 bits per heavy atom. The minimum absolute atomic E-state index is 0. The smallest absolute Gasteiger partial charge is 0.00775 e. The molecule has 2 saturated carbocycles. The van der Waals surface area contributed by atoms with E-state index in [9.17, 15) is 0 Å². The summed E-state index contributed by atoms with van der Waals surface area (Å²) in [4.78, 5) is 0. The zero-order valence-electron chi connectivity index (χ0n) is 15.9. The monoisotopic (exact) mass is 390 g/mol. The molecule has 130 valence electrons. The van der Waals surface area contributed by atoms with E-state index in [4.69, 9.17) is 0 Å². The summed E-state index contributed by atoms with van der Waals surface area (Å²) < 4.78 is 0. The second-order valence-corrected chi connectivity index (χ2v) is 13.7. The number of rotatable bonds is 2. The summed E-state index contributed by atoms with van der Waals surface area (Å²) in [6.07, 6.45) is 17.4. The van der Waals surface area contributed by atoms with E-state index in [-0.39, 0.29) is 32.9 Å². The fourth-order valence-corrected chi connectivity index (χ4v) is 4.74. The van der Waals surface area contributed by atoms with Crippen molar-refractivity contribution >= 4 is 15.8 Å². The van der Waals surface area contributed by atoms with Gasteiger partial charge in [0, 0.05) is 28.4 Å². The van der Waals surface area contributed by atoms with Crippen molar-refractivity contribution in [2.24, 2.45) is 0 Å². The maximum absolute atomic E-state index is 2.35. The van der Waals surface area contributed by atoms with Crippen LogP contribution < -0.4 is 0 Å². The first kappa shape index (κ1) is 24.4. The van der Waals surface area contributed by atoms with Gasteiger partial charge in [0.2, 0.25) is 0 Å². The largest absolute Gasteiger partial charge is 0.0965 e. The van der Waals surface area contributed by atoms with Crippen LogP contribution in [-0.2, 0) is 17.1 Å². The van der Waals surface area contributed by atoms with Crippen LogP contribution >= 0.6 is 15.8 Å². The van der Waals surface area contributed by atoms with Crippen molar-refractivity contribution in [3.8, 4) is 0 Å². The molecule has 0 nitrogen and oxygen atoms in total. The summed E-state index contributed by atoms with van der Waals surface area (Å²) in [7, 11) is 0.0406. The fourth-order valence-electron chi connectivity index (χ4n) is 1.95. The SMILES string of the molecule is C[P@@]([C]1[CH][CH][CH][CH]1)C(C)(C)C.C[P@@]([C]1[CH][CH][CH][CH]1)C(C)(C)C.[Fe]. The molecule has 0 aromatic rings. The average molecular weight is 390 g/mol. The summed E-state index contributed by atoms with van der Waals surface area (Å²) in [5.74, 6) is 0. The standard InChI is InChI=1S/2C10H16P.Fe/c2*1-10(2,3)11(4)9-7-5-6-8-9;/h2*5-8H,1-4H3;/t2*11-;/m00./s1. The van der Waals surface area contributed by atoms with E-state index in [2.05, 4.69) is 106 Å². The zero-order chi connectivity index (χ0) is 17.0. The molecule has 2 aliphatic carbocycles. The van der Waals surface area contributed by atoms with E-state index in [1.165, 1.54) is 11.3 Å². The molecule has 2 fully saturated rings. The van der Waals surface area contributed by atoms with E-state index in [0.717, 1.165) is 0 Å². The molecule has 0 spiro atoms. The topological polar surface area (TPSA) is 0 Å². The maximum Gasteiger partial charge on any atom is 0.00775 e. The number of hydrogen-bond acceptors (Lipinski definition) is 0. The van der Waals surface area contributed by atoms with E-state index in [1.807, 2.05) is 0 Å². The molecule has 0 aliphatic heterocycles. The second-order valence-electron chi connectivity index (χ2n) is 7.75. The molecule has 0 bridgehead atoms. The van der Waals surface area contributed by atoms with Gasteiger partial charge in [-0.3, -0.25) is 0 Å². The Hall–Kier alpha value is 1.38. The Morgan fingerprint density at radius 2 is 0.783 bits per heavy atom. The van der Waals surface area contributed by atoms with Gasteiger partial charge >= 0.3 is 0 Å². The summed E-state index contributed by atoms with van der Waals surface area (Å²) in [5, 5.41) is 0.896. The van der Waals surface area contributed by atoms with Gasteiger partial charge in [-0.1, -0.05) is 57.4 Å². The molecule has 0 saturated heterocycles. The third-order valence-electron chi connectivity index (χ3n) is 4.08. The molecule has 23 heavy (non-hydrogen) atoms. The molecule has 0 aromatic heterocycles. The Morgan fingerprint density at radius 1 is 0.565 bits per heavy atom. The van der Waals surface area contributed by atoms with Crippen LogP contribution in [0.5, 0.6) is 0 Å². The predicted molar refractivity (Wildman–Crippen MR) is 106 cm³/mol. The predicted octanol–water partition coefficient (Wildman–Crippen LogP) is 6.52. The zero-order valence-corrected chi connectivity index (χ0v) is 18.8. The van der Waals surface area contributed by atoms with E-state index < -0.39 is 0 Å². The minimum Gasteiger partial charge on any atom is -0.0965 e. The molecule has 0 unspecified atom stereocenters. The van der Waals surface area contributed by atoms with Gasteiger partial charge in [0.1, 0.15) is 0 Å². The van der Waals surface area contributed by atoms with Crippen LogP contribution in [0.4, 0.5) is 0 Å². The average Bonchev–Trinajstić information content (AvgIpc) is 3.08. The van der Waals surface area contributed by atoms with Gasteiger partial charge in [-0.25, -0.2) is 0 Å². The van der Waals surface area contributed by atoms with Crippen LogP contribution in [0.3, 0.4) is 0 Å². The molecule has 0 N–H and O–H groups in total. The third kappa shape index (κ3) is 8.54. The third-order valence-corrected chi connectivity index (χ3v) is 10.2. The second kappa shape index (κ2) is 10.5. The van der Waals surface area contributed by atoms with Gasteiger partial charge < -0.3 is 0 Å². The normalized spacial score (nSPS) is 23.0. The maximum atomic E-state index is 2.35. The van der Waals surface area contributed by atoms with E-state index >= 15 is 0 Å². The Balaban J connectivity index is 0.000000403. The summed E-state index contributed by atoms with van der Waals surface area (Å²) in [5.41, 5.74) is 3.04. The van der Waals surface area contributed by atoms with Crippen LogP contribution in [0, 0.1) is 62.7 Å². The van der Waals surface area contributed by atoms with E-state index in [0.29, 0.717) is 10.3 Å². The minimum atomic E-state index is 0. The number of hydrogen-bond donors (Lipinski definition) is 0. The Labute approximate surface area is 160 Å². The fraction of sp³-hybridized carbons (Fsp3) is 0.500. The quantitative estimate of drug-likeness (QED) is 0.372. The molecule has 0 aromatic carbocycles. The van der Waals surface area contributed by atoms with Crippen molar-refractivity contribution in [3.63, 3.8) is 0 Å². The van der Waals surface area contributed by atoms with Crippen LogP contribution in [0.25, 0.3) is 0 Å². The van der Waals surface area contributed by atoms with Crippen molar-refractivity contribution in [1.29, 1.82) is 0 Å². The van der Waals surface area contributed by atoms with Crippen molar-refractivity contribution in [2.45, 2.75) is 51.9 Å². The van der Waals surface area contributed by atoms with Gasteiger partial charge in [-0.15, -0.1) is 0 Å². The summed E-state index contributed by atoms with van der Waals surface area (Å²) in [6, 6.07) is 0. The summed E-state index contributed by atoms with van der Waals surface area (Å²) >= 11 is 0. The van der Waals surface area contributed by atoms with Crippen LogP contribution in [0.2, 0.25) is 0 Å². The first-order chi connectivity index (χ1) is 10.0. The van der Waals surface area contributed by atoms with Crippen LogP contribution in [0.1, 0.15) is 41.5 Å². The molecule has 3 heteroatoms. The van der Waals surface area contributed by atoms with E-state index in [1.54, 1.807) is 0 Å². The Kier molecular flexibility index (Phi) is 11.1. The molecular formula is C20H32FeP2. The van der Waals surface area contributed by atoms with Gasteiger partial charge in [0.25, 0.3) is 0 Å². The molecule has 10 radical (unpaired) electrons. The van der Waals surface area contributed by atoms with Gasteiger partial charge in [-0.2, -0.15) is 0 Å². The molecule has 2 aliphatic rings. The van der Waals surface area contributed by atoms with Crippen LogP contribution in [0.15, 0.2) is 0 Å². The van der Waals surface area contributed by atoms with Gasteiger partial charge in [-0.05, 0) is 75.0 Å². The van der Waals surface area contributed by atoms with Crippen molar-refractivity contribution in [1.82, 2.24) is 0 Å². The molecule has 2 rings (SSSR count). The Bertz CT molecular complexity index is 273. The first-order valence-corrected chi connectivity index (χ1v) is 11.5. The molecule has 0 heterocycles. The van der Waals surface area contributed by atoms with Crippen molar-refractivity contribution in [2.75, 3.05) is 13.3 Å². The first-order valence-electron chi connectivity index (χ1n) is 7.94. The molecule has 0 amide bonds.